The molecule has 1 atom stereocenters. The van der Waals surface area contributed by atoms with Crippen molar-refractivity contribution >= 4 is 16.8 Å². The zero-order chi connectivity index (χ0) is 18.8. The minimum Gasteiger partial charge on any atom is -0.342 e. The second-order valence-electron chi connectivity index (χ2n) is 7.05. The molecule has 1 aromatic heterocycles. The summed E-state index contributed by atoms with van der Waals surface area (Å²) >= 11 is 0. The van der Waals surface area contributed by atoms with Crippen LogP contribution in [-0.4, -0.2) is 38.9 Å². The lowest BCUT2D eigenvalue weighted by Crippen LogP contribution is -2.43. The highest BCUT2D eigenvalue weighted by Crippen LogP contribution is 2.24. The van der Waals surface area contributed by atoms with E-state index in [1.54, 1.807) is 12.1 Å². The maximum atomic E-state index is 12.8. The van der Waals surface area contributed by atoms with Gasteiger partial charge in [0.25, 0.3) is 5.56 Å². The zero-order valence-electron chi connectivity index (χ0n) is 15.3. The van der Waals surface area contributed by atoms with Gasteiger partial charge >= 0.3 is 0 Å². The molecule has 0 aliphatic carbocycles. The lowest BCUT2D eigenvalue weighted by Gasteiger charge is -2.33. The van der Waals surface area contributed by atoms with Gasteiger partial charge in [-0.15, -0.1) is 5.10 Å². The Bertz CT molecular complexity index is 1010. The van der Waals surface area contributed by atoms with Crippen LogP contribution in [0.3, 0.4) is 0 Å². The SMILES string of the molecule is C[C@@H](C(=O)N1CCC(n2nnc3ccccc3c2=O)CC1)c1ccccc1. The first-order valence-electron chi connectivity index (χ1n) is 9.33. The van der Waals surface area contributed by atoms with Gasteiger partial charge in [0.15, 0.2) is 0 Å². The number of carbonyl (C=O) groups is 1. The van der Waals surface area contributed by atoms with Crippen molar-refractivity contribution in [2.24, 2.45) is 0 Å². The van der Waals surface area contributed by atoms with Crippen LogP contribution < -0.4 is 5.56 Å². The zero-order valence-corrected chi connectivity index (χ0v) is 15.3. The predicted molar refractivity (Wildman–Crippen MR) is 104 cm³/mol. The molecule has 0 saturated carbocycles. The molecule has 1 aliphatic heterocycles. The van der Waals surface area contributed by atoms with Crippen LogP contribution in [0.1, 0.15) is 37.3 Å². The Kier molecular flexibility index (Phi) is 4.71. The number of benzene rings is 2. The predicted octanol–water partition coefficient (Wildman–Crippen LogP) is 2.76. The van der Waals surface area contributed by atoms with E-state index in [0.29, 0.717) is 36.8 Å². The van der Waals surface area contributed by atoms with Gasteiger partial charge in [-0.25, -0.2) is 4.68 Å². The fourth-order valence-corrected chi connectivity index (χ4v) is 3.73. The Morgan fingerprint density at radius 1 is 1.04 bits per heavy atom. The molecule has 1 saturated heterocycles. The lowest BCUT2D eigenvalue weighted by atomic mass is 9.97. The lowest BCUT2D eigenvalue weighted by molar-refractivity contribution is -0.133. The van der Waals surface area contributed by atoms with Crippen molar-refractivity contribution in [2.45, 2.75) is 31.7 Å². The van der Waals surface area contributed by atoms with E-state index >= 15 is 0 Å². The molecule has 1 aliphatic rings. The van der Waals surface area contributed by atoms with Gasteiger partial charge in [0, 0.05) is 13.1 Å². The summed E-state index contributed by atoms with van der Waals surface area (Å²) in [5.74, 6) is -0.0254. The number of likely N-dealkylation sites (tertiary alicyclic amines) is 1. The molecule has 0 spiro atoms. The summed E-state index contributed by atoms with van der Waals surface area (Å²) in [4.78, 5) is 27.4. The quantitative estimate of drug-likeness (QED) is 0.718. The summed E-state index contributed by atoms with van der Waals surface area (Å²) in [7, 11) is 0. The second kappa shape index (κ2) is 7.31. The highest BCUT2D eigenvalue weighted by molar-refractivity contribution is 5.83. The Morgan fingerprint density at radius 3 is 2.44 bits per heavy atom. The second-order valence-corrected chi connectivity index (χ2v) is 7.05. The average molecular weight is 362 g/mol. The number of amides is 1. The summed E-state index contributed by atoms with van der Waals surface area (Å²) < 4.78 is 1.49. The third kappa shape index (κ3) is 3.35. The summed E-state index contributed by atoms with van der Waals surface area (Å²) in [6, 6.07) is 17.1. The molecular formula is C21H22N4O2. The van der Waals surface area contributed by atoms with E-state index < -0.39 is 0 Å². The topological polar surface area (TPSA) is 68.1 Å². The Morgan fingerprint density at radius 2 is 1.70 bits per heavy atom. The minimum absolute atomic E-state index is 0.0225. The van der Waals surface area contributed by atoms with Gasteiger partial charge in [-0.3, -0.25) is 9.59 Å². The first-order chi connectivity index (χ1) is 13.1. The third-order valence-electron chi connectivity index (χ3n) is 5.38. The summed E-state index contributed by atoms with van der Waals surface area (Å²) in [5.41, 5.74) is 1.53. The molecule has 6 nitrogen and oxygen atoms in total. The Balaban J connectivity index is 1.47. The number of aromatic nitrogens is 3. The van der Waals surface area contributed by atoms with E-state index in [1.165, 1.54) is 4.68 Å². The molecule has 6 heteroatoms. The van der Waals surface area contributed by atoms with Crippen molar-refractivity contribution < 1.29 is 4.79 Å². The number of carbonyl (C=O) groups excluding carboxylic acids is 1. The molecule has 0 N–H and O–H groups in total. The smallest absolute Gasteiger partial charge is 0.277 e. The average Bonchev–Trinajstić information content (AvgIpc) is 2.74. The van der Waals surface area contributed by atoms with Gasteiger partial charge in [0.05, 0.1) is 17.3 Å². The van der Waals surface area contributed by atoms with E-state index in [4.69, 9.17) is 0 Å². The van der Waals surface area contributed by atoms with E-state index in [-0.39, 0.29) is 23.4 Å². The minimum atomic E-state index is -0.161. The van der Waals surface area contributed by atoms with Gasteiger partial charge in [0.2, 0.25) is 5.91 Å². The number of piperidine rings is 1. The number of rotatable bonds is 3. The van der Waals surface area contributed by atoms with Crippen molar-refractivity contribution in [3.63, 3.8) is 0 Å². The van der Waals surface area contributed by atoms with Crippen LogP contribution in [-0.2, 0) is 4.79 Å². The Labute approximate surface area is 157 Å². The van der Waals surface area contributed by atoms with Gasteiger partial charge in [-0.1, -0.05) is 47.7 Å². The molecule has 2 heterocycles. The fourth-order valence-electron chi connectivity index (χ4n) is 3.73. The van der Waals surface area contributed by atoms with Crippen LogP contribution in [0.25, 0.3) is 10.9 Å². The third-order valence-corrected chi connectivity index (χ3v) is 5.38. The van der Waals surface area contributed by atoms with E-state index in [1.807, 2.05) is 54.3 Å². The van der Waals surface area contributed by atoms with E-state index in [2.05, 4.69) is 10.3 Å². The molecule has 1 amide bonds. The van der Waals surface area contributed by atoms with Crippen LogP contribution >= 0.6 is 0 Å². The van der Waals surface area contributed by atoms with Crippen molar-refractivity contribution in [2.75, 3.05) is 13.1 Å². The molecule has 0 unspecified atom stereocenters. The van der Waals surface area contributed by atoms with Gasteiger partial charge in [-0.2, -0.15) is 0 Å². The molecule has 2 aromatic carbocycles. The van der Waals surface area contributed by atoms with Gasteiger partial charge in [-0.05, 0) is 37.5 Å². The highest BCUT2D eigenvalue weighted by Gasteiger charge is 2.28. The molecule has 27 heavy (non-hydrogen) atoms. The van der Waals surface area contributed by atoms with Crippen molar-refractivity contribution in [3.05, 3.63) is 70.5 Å². The van der Waals surface area contributed by atoms with E-state index in [9.17, 15) is 9.59 Å². The molecule has 3 aromatic rings. The Hall–Kier alpha value is -3.02. The standard InChI is InChI=1S/C21H22N4O2/c1-15(16-7-3-2-4-8-16)20(26)24-13-11-17(12-14-24)25-21(27)18-9-5-6-10-19(18)22-23-25/h2-10,15,17H,11-14H2,1H3/t15-/m1/s1. The summed E-state index contributed by atoms with van der Waals surface area (Å²) in [5, 5.41) is 8.89. The normalized spacial score (nSPS) is 16.4. The number of hydrogen-bond acceptors (Lipinski definition) is 4. The highest BCUT2D eigenvalue weighted by atomic mass is 16.2. The molecule has 4 rings (SSSR count). The molecule has 138 valence electrons. The van der Waals surface area contributed by atoms with Crippen molar-refractivity contribution in [3.8, 4) is 0 Å². The van der Waals surface area contributed by atoms with Gasteiger partial charge < -0.3 is 4.90 Å². The van der Waals surface area contributed by atoms with E-state index in [0.717, 1.165) is 5.56 Å². The first-order valence-corrected chi connectivity index (χ1v) is 9.33. The number of hydrogen-bond donors (Lipinski definition) is 0. The molecular weight excluding hydrogens is 340 g/mol. The number of fused-ring (bicyclic) bond motifs is 1. The van der Waals surface area contributed by atoms with Gasteiger partial charge in [0.1, 0.15) is 5.52 Å². The first kappa shape index (κ1) is 17.4. The van der Waals surface area contributed by atoms with Crippen LogP contribution in [0.15, 0.2) is 59.4 Å². The van der Waals surface area contributed by atoms with Crippen LogP contribution in [0.4, 0.5) is 0 Å². The summed E-state index contributed by atoms with van der Waals surface area (Å²) in [6.45, 7) is 3.20. The molecule has 0 radical (unpaired) electrons. The van der Waals surface area contributed by atoms with Crippen LogP contribution in [0, 0.1) is 0 Å². The number of nitrogens with zero attached hydrogens (tertiary/aromatic N) is 4. The largest absolute Gasteiger partial charge is 0.342 e. The maximum Gasteiger partial charge on any atom is 0.277 e. The summed E-state index contributed by atoms with van der Waals surface area (Å²) in [6.07, 6.45) is 1.42. The monoisotopic (exact) mass is 362 g/mol. The van der Waals surface area contributed by atoms with Crippen molar-refractivity contribution in [1.29, 1.82) is 0 Å². The van der Waals surface area contributed by atoms with Crippen LogP contribution in [0.2, 0.25) is 0 Å². The maximum absolute atomic E-state index is 12.8. The molecule has 1 fully saturated rings. The van der Waals surface area contributed by atoms with Crippen LogP contribution in [0.5, 0.6) is 0 Å². The van der Waals surface area contributed by atoms with Crippen molar-refractivity contribution in [1.82, 2.24) is 19.9 Å². The molecule has 0 bridgehead atoms. The fraction of sp³-hybridized carbons (Fsp3) is 0.333.